The highest BCUT2D eigenvalue weighted by Crippen LogP contribution is 2.22. The number of aromatic nitrogens is 2. The Kier molecular flexibility index (Phi) is 5.79. The van der Waals surface area contributed by atoms with Gasteiger partial charge in [-0.25, -0.2) is 9.97 Å². The quantitative estimate of drug-likeness (QED) is 0.844. The Morgan fingerprint density at radius 3 is 2.33 bits per heavy atom. The third-order valence-corrected chi connectivity index (χ3v) is 4.20. The van der Waals surface area contributed by atoms with Crippen LogP contribution >= 0.6 is 0 Å². The van der Waals surface area contributed by atoms with Gasteiger partial charge in [0.15, 0.2) is 0 Å². The SMILES string of the molecule is CCCNc1nc(C)nc(NCC2CCN(C)CC2)c1C. The van der Waals surface area contributed by atoms with Gasteiger partial charge in [0.1, 0.15) is 17.5 Å². The Hall–Kier alpha value is -1.36. The summed E-state index contributed by atoms with van der Waals surface area (Å²) < 4.78 is 0. The maximum Gasteiger partial charge on any atom is 0.134 e. The van der Waals surface area contributed by atoms with Crippen LogP contribution in [0.5, 0.6) is 0 Å². The number of aryl methyl sites for hydroxylation is 1. The first-order chi connectivity index (χ1) is 10.1. The zero-order valence-corrected chi connectivity index (χ0v) is 13.9. The Balaban J connectivity index is 1.97. The van der Waals surface area contributed by atoms with Crippen molar-refractivity contribution in [3.63, 3.8) is 0 Å². The second kappa shape index (κ2) is 7.59. The summed E-state index contributed by atoms with van der Waals surface area (Å²) in [5.41, 5.74) is 1.13. The molecule has 5 nitrogen and oxygen atoms in total. The van der Waals surface area contributed by atoms with E-state index in [9.17, 15) is 0 Å². The predicted molar refractivity (Wildman–Crippen MR) is 89.0 cm³/mol. The molecule has 0 atom stereocenters. The lowest BCUT2D eigenvalue weighted by Gasteiger charge is -2.29. The van der Waals surface area contributed by atoms with Gasteiger partial charge in [-0.2, -0.15) is 0 Å². The minimum atomic E-state index is 0.753. The van der Waals surface area contributed by atoms with Crippen molar-refractivity contribution in [2.24, 2.45) is 5.92 Å². The Morgan fingerprint density at radius 2 is 1.71 bits per heavy atom. The number of nitrogens with one attached hydrogen (secondary N) is 2. The van der Waals surface area contributed by atoms with Crippen molar-refractivity contribution in [2.45, 2.75) is 40.0 Å². The van der Waals surface area contributed by atoms with E-state index in [2.05, 4.69) is 46.4 Å². The van der Waals surface area contributed by atoms with Crippen molar-refractivity contribution in [3.05, 3.63) is 11.4 Å². The smallest absolute Gasteiger partial charge is 0.134 e. The standard InChI is InChI=1S/C16H29N5/c1-5-8-17-15-12(2)16(20-13(3)19-15)18-11-14-6-9-21(4)10-7-14/h14H,5-11H2,1-4H3,(H2,17,18,19,20). The summed E-state index contributed by atoms with van der Waals surface area (Å²) in [7, 11) is 2.20. The molecule has 0 saturated carbocycles. The highest BCUT2D eigenvalue weighted by molar-refractivity contribution is 5.57. The maximum atomic E-state index is 4.57. The molecule has 0 bridgehead atoms. The van der Waals surface area contributed by atoms with E-state index < -0.39 is 0 Å². The number of hydrogen-bond donors (Lipinski definition) is 2. The number of hydrogen-bond acceptors (Lipinski definition) is 5. The van der Waals surface area contributed by atoms with Gasteiger partial charge in [0.2, 0.25) is 0 Å². The van der Waals surface area contributed by atoms with Gasteiger partial charge >= 0.3 is 0 Å². The van der Waals surface area contributed by atoms with Gasteiger partial charge in [-0.3, -0.25) is 0 Å². The van der Waals surface area contributed by atoms with E-state index in [-0.39, 0.29) is 0 Å². The summed E-state index contributed by atoms with van der Waals surface area (Å²) in [6.07, 6.45) is 3.64. The normalized spacial score (nSPS) is 17.0. The lowest BCUT2D eigenvalue weighted by molar-refractivity contribution is 0.226. The number of rotatable bonds is 6. The van der Waals surface area contributed by atoms with Gasteiger partial charge in [0.05, 0.1) is 0 Å². The summed E-state index contributed by atoms with van der Waals surface area (Å²) in [5.74, 6) is 3.53. The monoisotopic (exact) mass is 291 g/mol. The third-order valence-electron chi connectivity index (χ3n) is 4.20. The zero-order chi connectivity index (χ0) is 15.2. The zero-order valence-electron chi connectivity index (χ0n) is 13.9. The van der Waals surface area contributed by atoms with Crippen molar-refractivity contribution in [2.75, 3.05) is 43.9 Å². The van der Waals surface area contributed by atoms with Crippen LogP contribution in [0.2, 0.25) is 0 Å². The van der Waals surface area contributed by atoms with E-state index in [1.165, 1.54) is 25.9 Å². The molecular formula is C16H29N5. The van der Waals surface area contributed by atoms with Crippen LogP contribution in [0.4, 0.5) is 11.6 Å². The number of anilines is 2. The van der Waals surface area contributed by atoms with Crippen molar-refractivity contribution in [1.29, 1.82) is 0 Å². The molecular weight excluding hydrogens is 262 g/mol. The van der Waals surface area contributed by atoms with Gasteiger partial charge in [0, 0.05) is 18.7 Å². The number of piperidine rings is 1. The first kappa shape index (κ1) is 16.0. The molecule has 1 aromatic heterocycles. The Bertz CT molecular complexity index is 452. The minimum absolute atomic E-state index is 0.753. The Labute approximate surface area is 128 Å². The summed E-state index contributed by atoms with van der Waals surface area (Å²) in [5, 5.41) is 6.94. The van der Waals surface area contributed by atoms with Crippen LogP contribution in [0.3, 0.4) is 0 Å². The first-order valence-corrected chi connectivity index (χ1v) is 8.11. The molecule has 2 heterocycles. The average Bonchev–Trinajstić information content (AvgIpc) is 2.48. The number of nitrogens with zero attached hydrogens (tertiary/aromatic N) is 3. The van der Waals surface area contributed by atoms with Crippen LogP contribution < -0.4 is 10.6 Å². The van der Waals surface area contributed by atoms with E-state index in [4.69, 9.17) is 0 Å². The molecule has 0 radical (unpaired) electrons. The van der Waals surface area contributed by atoms with Crippen LogP contribution in [0.1, 0.15) is 37.6 Å². The van der Waals surface area contributed by atoms with E-state index in [1.807, 2.05) is 6.92 Å². The van der Waals surface area contributed by atoms with E-state index in [0.717, 1.165) is 48.5 Å². The molecule has 0 unspecified atom stereocenters. The van der Waals surface area contributed by atoms with Gasteiger partial charge < -0.3 is 15.5 Å². The molecule has 1 aromatic rings. The molecule has 2 rings (SSSR count). The second-order valence-electron chi connectivity index (χ2n) is 6.15. The van der Waals surface area contributed by atoms with Gasteiger partial charge in [-0.1, -0.05) is 6.92 Å². The van der Waals surface area contributed by atoms with Crippen LogP contribution in [-0.2, 0) is 0 Å². The summed E-state index contributed by atoms with van der Waals surface area (Å²) >= 11 is 0. The van der Waals surface area contributed by atoms with E-state index in [1.54, 1.807) is 0 Å². The molecule has 2 N–H and O–H groups in total. The molecule has 0 spiro atoms. The third kappa shape index (κ3) is 4.56. The topological polar surface area (TPSA) is 53.1 Å². The fourth-order valence-corrected chi connectivity index (χ4v) is 2.72. The molecule has 0 aliphatic carbocycles. The van der Waals surface area contributed by atoms with Crippen LogP contribution in [-0.4, -0.2) is 48.1 Å². The van der Waals surface area contributed by atoms with Crippen molar-refractivity contribution in [3.8, 4) is 0 Å². The van der Waals surface area contributed by atoms with Crippen molar-refractivity contribution < 1.29 is 0 Å². The first-order valence-electron chi connectivity index (χ1n) is 8.11. The summed E-state index contributed by atoms with van der Waals surface area (Å²) in [6, 6.07) is 0. The lowest BCUT2D eigenvalue weighted by atomic mass is 9.97. The van der Waals surface area contributed by atoms with E-state index >= 15 is 0 Å². The van der Waals surface area contributed by atoms with Gasteiger partial charge in [-0.05, 0) is 59.2 Å². The summed E-state index contributed by atoms with van der Waals surface area (Å²) in [4.78, 5) is 11.5. The molecule has 5 heteroatoms. The molecule has 1 aliphatic heterocycles. The second-order valence-corrected chi connectivity index (χ2v) is 6.15. The Morgan fingerprint density at radius 1 is 1.10 bits per heavy atom. The molecule has 21 heavy (non-hydrogen) atoms. The van der Waals surface area contributed by atoms with Crippen molar-refractivity contribution in [1.82, 2.24) is 14.9 Å². The van der Waals surface area contributed by atoms with Gasteiger partial charge in [0.25, 0.3) is 0 Å². The lowest BCUT2D eigenvalue weighted by Crippen LogP contribution is -2.33. The molecule has 118 valence electrons. The van der Waals surface area contributed by atoms with Crippen molar-refractivity contribution >= 4 is 11.6 Å². The summed E-state index contributed by atoms with van der Waals surface area (Å²) in [6.45, 7) is 10.6. The fraction of sp³-hybridized carbons (Fsp3) is 0.750. The van der Waals surface area contributed by atoms with Crippen LogP contribution in [0, 0.1) is 19.8 Å². The highest BCUT2D eigenvalue weighted by Gasteiger charge is 2.17. The molecule has 0 amide bonds. The van der Waals surface area contributed by atoms with Gasteiger partial charge in [-0.15, -0.1) is 0 Å². The average molecular weight is 291 g/mol. The molecule has 1 aliphatic rings. The number of likely N-dealkylation sites (tertiary alicyclic amines) is 1. The predicted octanol–water partition coefficient (Wildman–Crippen LogP) is 2.67. The molecule has 1 saturated heterocycles. The molecule has 1 fully saturated rings. The molecule has 0 aromatic carbocycles. The largest absolute Gasteiger partial charge is 0.370 e. The highest BCUT2D eigenvalue weighted by atomic mass is 15.1. The maximum absolute atomic E-state index is 4.57. The fourth-order valence-electron chi connectivity index (χ4n) is 2.72. The van der Waals surface area contributed by atoms with Crippen LogP contribution in [0.15, 0.2) is 0 Å². The van der Waals surface area contributed by atoms with Crippen LogP contribution in [0.25, 0.3) is 0 Å². The van der Waals surface area contributed by atoms with E-state index in [0.29, 0.717) is 0 Å². The minimum Gasteiger partial charge on any atom is -0.370 e.